The van der Waals surface area contributed by atoms with Crippen molar-refractivity contribution in [1.82, 2.24) is 0 Å². The lowest BCUT2D eigenvalue weighted by Crippen LogP contribution is -2.41. The zero-order valence-corrected chi connectivity index (χ0v) is 9.09. The maximum atomic E-state index is 12.9. The molecule has 8 heteroatoms. The number of nitrogens with one attached hydrogen (secondary N) is 1. The third kappa shape index (κ3) is 3.59. The summed E-state index contributed by atoms with van der Waals surface area (Å²) < 4.78 is 50.1. The Hall–Kier alpha value is -1.83. The molecule has 0 aliphatic heterocycles. The van der Waals surface area contributed by atoms with Gasteiger partial charge in [0.15, 0.2) is 0 Å². The number of hydrogen-bond donors (Lipinski definition) is 3. The van der Waals surface area contributed by atoms with Crippen LogP contribution >= 0.6 is 0 Å². The van der Waals surface area contributed by atoms with E-state index in [1.54, 1.807) is 0 Å². The molecule has 0 saturated heterocycles. The largest absolute Gasteiger partial charge is 0.419 e. The smallest absolute Gasteiger partial charge is 0.383 e. The van der Waals surface area contributed by atoms with Gasteiger partial charge in [-0.05, 0) is 18.2 Å². The van der Waals surface area contributed by atoms with E-state index < -0.39 is 29.5 Å². The highest BCUT2D eigenvalue weighted by molar-refractivity contribution is 5.80. The zero-order valence-electron chi connectivity index (χ0n) is 9.09. The normalized spacial score (nSPS) is 13.2. The Morgan fingerprint density at radius 1 is 1.39 bits per heavy atom. The molecule has 1 atom stereocenters. The maximum Gasteiger partial charge on any atom is 0.419 e. The Morgan fingerprint density at radius 3 is 2.50 bits per heavy atom. The monoisotopic (exact) mass is 265 g/mol. The van der Waals surface area contributed by atoms with E-state index in [1.165, 1.54) is 0 Å². The van der Waals surface area contributed by atoms with E-state index in [0.717, 1.165) is 6.07 Å². The number of primary amides is 1. The van der Waals surface area contributed by atoms with Crippen LogP contribution in [0.2, 0.25) is 0 Å². The molecule has 0 bridgehead atoms. The zero-order chi connectivity index (χ0) is 13.9. The average Bonchev–Trinajstić information content (AvgIpc) is 2.25. The van der Waals surface area contributed by atoms with Gasteiger partial charge in [0, 0.05) is 12.2 Å². The van der Waals surface area contributed by atoms with Gasteiger partial charge in [0.2, 0.25) is 5.91 Å². The van der Waals surface area contributed by atoms with E-state index in [9.17, 15) is 22.4 Å². The van der Waals surface area contributed by atoms with E-state index in [2.05, 4.69) is 5.32 Å². The number of amides is 1. The molecule has 1 unspecified atom stereocenters. The van der Waals surface area contributed by atoms with Gasteiger partial charge in [-0.2, -0.15) is 13.2 Å². The second-order valence-corrected chi connectivity index (χ2v) is 3.58. The van der Waals surface area contributed by atoms with Gasteiger partial charge in [0.25, 0.3) is 0 Å². The molecule has 4 nitrogen and oxygen atoms in total. The van der Waals surface area contributed by atoms with Crippen molar-refractivity contribution in [2.24, 2.45) is 11.5 Å². The molecule has 0 saturated carbocycles. The van der Waals surface area contributed by atoms with Gasteiger partial charge in [0.05, 0.1) is 5.56 Å². The van der Waals surface area contributed by atoms with Crippen LogP contribution < -0.4 is 16.8 Å². The Morgan fingerprint density at radius 2 is 2.00 bits per heavy atom. The summed E-state index contributed by atoms with van der Waals surface area (Å²) in [6.07, 6.45) is -4.78. The van der Waals surface area contributed by atoms with E-state index in [0.29, 0.717) is 12.1 Å². The Kier molecular flexibility index (Phi) is 4.12. The number of anilines is 1. The van der Waals surface area contributed by atoms with Crippen LogP contribution in [0.25, 0.3) is 0 Å². The molecule has 18 heavy (non-hydrogen) atoms. The van der Waals surface area contributed by atoms with Crippen LogP contribution in [-0.4, -0.2) is 18.5 Å². The van der Waals surface area contributed by atoms with Crippen LogP contribution in [0.3, 0.4) is 0 Å². The number of hydrogen-bond acceptors (Lipinski definition) is 3. The summed E-state index contributed by atoms with van der Waals surface area (Å²) in [5.74, 6) is -2.16. The molecule has 0 radical (unpaired) electrons. The minimum Gasteiger partial charge on any atom is -0.383 e. The quantitative estimate of drug-likeness (QED) is 0.712. The minimum absolute atomic E-state index is 0.000394. The van der Waals surface area contributed by atoms with Gasteiger partial charge in [-0.25, -0.2) is 4.39 Å². The van der Waals surface area contributed by atoms with Gasteiger partial charge in [-0.15, -0.1) is 0 Å². The first-order valence-corrected chi connectivity index (χ1v) is 4.87. The van der Waals surface area contributed by atoms with E-state index in [1.807, 2.05) is 0 Å². The predicted octanol–water partition coefficient (Wildman–Crippen LogP) is 1.07. The summed E-state index contributed by atoms with van der Waals surface area (Å²) in [7, 11) is 0. The van der Waals surface area contributed by atoms with Crippen LogP contribution in [0, 0.1) is 5.82 Å². The second kappa shape index (κ2) is 5.21. The average molecular weight is 265 g/mol. The summed E-state index contributed by atoms with van der Waals surface area (Å²) in [5.41, 5.74) is 8.78. The summed E-state index contributed by atoms with van der Waals surface area (Å²) >= 11 is 0. The van der Waals surface area contributed by atoms with Crippen LogP contribution in [0.15, 0.2) is 18.2 Å². The van der Waals surface area contributed by atoms with Crippen LogP contribution in [0.1, 0.15) is 5.56 Å². The molecule has 100 valence electrons. The van der Waals surface area contributed by atoms with Gasteiger partial charge in [-0.3, -0.25) is 4.79 Å². The number of halogens is 4. The van der Waals surface area contributed by atoms with Crippen LogP contribution in [0.4, 0.5) is 23.2 Å². The predicted molar refractivity (Wildman–Crippen MR) is 57.1 cm³/mol. The van der Waals surface area contributed by atoms with Crippen molar-refractivity contribution in [2.45, 2.75) is 12.2 Å². The van der Waals surface area contributed by atoms with Gasteiger partial charge < -0.3 is 16.8 Å². The molecule has 0 aromatic heterocycles. The Bertz CT molecular complexity index is 447. The van der Waals surface area contributed by atoms with Crippen molar-refractivity contribution in [3.63, 3.8) is 0 Å². The van der Waals surface area contributed by atoms with Gasteiger partial charge in [-0.1, -0.05) is 0 Å². The van der Waals surface area contributed by atoms with E-state index in [-0.39, 0.29) is 12.2 Å². The van der Waals surface area contributed by atoms with Crippen molar-refractivity contribution in [3.8, 4) is 0 Å². The fourth-order valence-electron chi connectivity index (χ4n) is 1.18. The first kappa shape index (κ1) is 14.2. The molecule has 1 aromatic rings. The Balaban J connectivity index is 2.83. The lowest BCUT2D eigenvalue weighted by atomic mass is 10.1. The summed E-state index contributed by atoms with van der Waals surface area (Å²) in [6.45, 7) is -0.141. The third-order valence-electron chi connectivity index (χ3n) is 2.16. The molecule has 0 aliphatic rings. The molecule has 0 spiro atoms. The van der Waals surface area contributed by atoms with Crippen LogP contribution in [-0.2, 0) is 11.0 Å². The number of nitrogens with two attached hydrogens (primary N) is 2. The summed E-state index contributed by atoms with van der Waals surface area (Å²) in [4.78, 5) is 10.6. The van der Waals surface area contributed by atoms with Crippen molar-refractivity contribution < 1.29 is 22.4 Å². The number of rotatable bonds is 4. The van der Waals surface area contributed by atoms with Gasteiger partial charge in [0.1, 0.15) is 11.9 Å². The summed E-state index contributed by atoms with van der Waals surface area (Å²) in [5, 5.41) is 2.47. The first-order chi connectivity index (χ1) is 8.21. The van der Waals surface area contributed by atoms with E-state index in [4.69, 9.17) is 11.5 Å². The molecule has 1 aromatic carbocycles. The molecule has 0 fully saturated rings. The topological polar surface area (TPSA) is 81.1 Å². The molecular weight excluding hydrogens is 254 g/mol. The first-order valence-electron chi connectivity index (χ1n) is 4.87. The maximum absolute atomic E-state index is 12.9. The Labute approximate surface area is 99.9 Å². The molecular formula is C10H11F4N3O. The number of carbonyl (C=O) groups excluding carboxylic acids is 1. The molecule has 0 aliphatic carbocycles. The fourth-order valence-corrected chi connectivity index (χ4v) is 1.18. The standard InChI is InChI=1S/C10H11F4N3O/c11-7-2-1-5(3-6(7)10(12,13)14)17-4-8(15)9(16)18/h1-3,8,17H,4,15H2,(H2,16,18). The van der Waals surface area contributed by atoms with Crippen molar-refractivity contribution >= 4 is 11.6 Å². The minimum atomic E-state index is -4.78. The number of carbonyl (C=O) groups is 1. The lowest BCUT2D eigenvalue weighted by Gasteiger charge is -2.13. The highest BCUT2D eigenvalue weighted by atomic mass is 19.4. The molecule has 1 rings (SSSR count). The fraction of sp³-hybridized carbons (Fsp3) is 0.300. The van der Waals surface area contributed by atoms with Crippen molar-refractivity contribution in [2.75, 3.05) is 11.9 Å². The SMILES string of the molecule is NC(=O)C(N)CNc1ccc(F)c(C(F)(F)F)c1. The van der Waals surface area contributed by atoms with E-state index >= 15 is 0 Å². The van der Waals surface area contributed by atoms with Crippen molar-refractivity contribution in [3.05, 3.63) is 29.6 Å². The molecule has 5 N–H and O–H groups in total. The highest BCUT2D eigenvalue weighted by Gasteiger charge is 2.34. The van der Waals surface area contributed by atoms with Crippen molar-refractivity contribution in [1.29, 1.82) is 0 Å². The van der Waals surface area contributed by atoms with Crippen LogP contribution in [0.5, 0.6) is 0 Å². The second-order valence-electron chi connectivity index (χ2n) is 3.58. The summed E-state index contributed by atoms with van der Waals surface area (Å²) in [6, 6.07) is 1.35. The molecule has 0 heterocycles. The van der Waals surface area contributed by atoms with Gasteiger partial charge >= 0.3 is 6.18 Å². The number of alkyl halides is 3. The number of benzene rings is 1. The lowest BCUT2D eigenvalue weighted by molar-refractivity contribution is -0.140. The highest BCUT2D eigenvalue weighted by Crippen LogP contribution is 2.32. The molecule has 1 amide bonds. The third-order valence-corrected chi connectivity index (χ3v) is 2.16.